The molecule has 0 saturated carbocycles. The number of benzene rings is 1. The molecule has 9 nitrogen and oxygen atoms in total. The van der Waals surface area contributed by atoms with Crippen molar-refractivity contribution in [3.8, 4) is 0 Å². The molecule has 0 radical (unpaired) electrons. The van der Waals surface area contributed by atoms with Crippen LogP contribution in [0, 0.1) is 0 Å². The largest absolute Gasteiger partial charge is 0.350 e. The molecule has 3 aromatic rings. The van der Waals surface area contributed by atoms with E-state index in [1.165, 1.54) is 29.4 Å². The zero-order valence-corrected chi connectivity index (χ0v) is 13.5. The van der Waals surface area contributed by atoms with E-state index in [0.717, 1.165) is 12.1 Å². The lowest BCUT2D eigenvalue weighted by atomic mass is 10.2. The summed E-state index contributed by atoms with van der Waals surface area (Å²) in [6.45, 7) is 0.326. The number of amides is 1. The van der Waals surface area contributed by atoms with E-state index in [-0.39, 0.29) is 29.7 Å². The summed E-state index contributed by atoms with van der Waals surface area (Å²) < 4.78 is 35.6. The van der Waals surface area contributed by atoms with E-state index in [9.17, 15) is 21.9 Å². The second-order valence-corrected chi connectivity index (χ2v) is 6.41. The Labute approximate surface area is 140 Å². The van der Waals surface area contributed by atoms with Crippen molar-refractivity contribution in [2.45, 2.75) is 11.4 Å². The van der Waals surface area contributed by atoms with Crippen LogP contribution < -0.4 is 10.9 Å². The molecule has 11 heteroatoms. The van der Waals surface area contributed by atoms with Crippen LogP contribution in [-0.4, -0.2) is 40.4 Å². The van der Waals surface area contributed by atoms with E-state index in [1.807, 2.05) is 0 Å². The molecule has 0 aliphatic carbocycles. The Balaban J connectivity index is 1.64. The molecule has 3 rings (SSSR count). The second-order valence-electron chi connectivity index (χ2n) is 5.06. The van der Waals surface area contributed by atoms with Gasteiger partial charge in [-0.15, -0.1) is 3.89 Å². The zero-order valence-electron chi connectivity index (χ0n) is 12.6. The Hall–Kier alpha value is -3.08. The topological polar surface area (TPSA) is 127 Å². The minimum absolute atomic E-state index is 0.142. The average Bonchev–Trinajstić information content (AvgIpc) is 3.05. The quantitative estimate of drug-likeness (QED) is 0.622. The van der Waals surface area contributed by atoms with Gasteiger partial charge in [0, 0.05) is 18.7 Å². The van der Waals surface area contributed by atoms with Gasteiger partial charge in [-0.3, -0.25) is 14.2 Å². The second kappa shape index (κ2) is 6.43. The monoisotopic (exact) mass is 365 g/mol. The highest BCUT2D eigenvalue weighted by atomic mass is 32.3. The van der Waals surface area contributed by atoms with E-state index in [2.05, 4.69) is 20.3 Å². The van der Waals surface area contributed by atoms with Crippen LogP contribution in [0.1, 0.15) is 10.4 Å². The van der Waals surface area contributed by atoms with E-state index in [1.54, 1.807) is 0 Å². The number of aromatic amines is 1. The van der Waals surface area contributed by atoms with Crippen molar-refractivity contribution in [2.75, 3.05) is 6.54 Å². The smallest absolute Gasteiger partial charge is 0.332 e. The molecule has 2 heterocycles. The number of fused-ring (bicyclic) bond motifs is 1. The summed E-state index contributed by atoms with van der Waals surface area (Å²) in [6.07, 6.45) is 2.70. The number of halogens is 1. The molecule has 130 valence electrons. The number of aromatic nitrogens is 4. The first-order valence-electron chi connectivity index (χ1n) is 7.08. The Bertz CT molecular complexity index is 1090. The fourth-order valence-corrected chi connectivity index (χ4v) is 2.64. The molecule has 0 aliphatic heterocycles. The minimum Gasteiger partial charge on any atom is -0.350 e. The van der Waals surface area contributed by atoms with E-state index < -0.39 is 21.0 Å². The third-order valence-corrected chi connectivity index (χ3v) is 4.29. The molecule has 2 N–H and O–H groups in total. The number of nitrogens with zero attached hydrogens (tertiary/aromatic N) is 3. The number of imidazole rings is 1. The van der Waals surface area contributed by atoms with Crippen LogP contribution in [0.15, 0.2) is 46.6 Å². The van der Waals surface area contributed by atoms with Crippen molar-refractivity contribution >= 4 is 27.3 Å². The molecular formula is C14H12FN5O4S. The van der Waals surface area contributed by atoms with Crippen molar-refractivity contribution in [1.82, 2.24) is 24.8 Å². The van der Waals surface area contributed by atoms with Crippen molar-refractivity contribution < 1.29 is 17.1 Å². The number of carbonyl (C=O) groups is 1. The molecular weight excluding hydrogens is 353 g/mol. The van der Waals surface area contributed by atoms with Crippen LogP contribution in [0.2, 0.25) is 0 Å². The van der Waals surface area contributed by atoms with E-state index in [4.69, 9.17) is 0 Å². The van der Waals surface area contributed by atoms with Gasteiger partial charge in [0.1, 0.15) is 6.33 Å². The normalized spacial score (nSPS) is 11.6. The van der Waals surface area contributed by atoms with Gasteiger partial charge in [-0.2, -0.15) is 8.42 Å². The van der Waals surface area contributed by atoms with Gasteiger partial charge in [0.2, 0.25) is 0 Å². The third-order valence-electron chi connectivity index (χ3n) is 3.45. The maximum absolute atomic E-state index is 12.8. The summed E-state index contributed by atoms with van der Waals surface area (Å²) in [5, 5.41) is 2.58. The number of rotatable bonds is 5. The molecule has 1 amide bonds. The lowest BCUT2D eigenvalue weighted by Crippen LogP contribution is -2.31. The lowest BCUT2D eigenvalue weighted by Gasteiger charge is -2.07. The molecule has 0 atom stereocenters. The van der Waals surface area contributed by atoms with Crippen LogP contribution in [0.5, 0.6) is 0 Å². The fraction of sp³-hybridized carbons (Fsp3) is 0.143. The van der Waals surface area contributed by atoms with E-state index in [0.29, 0.717) is 5.65 Å². The molecule has 0 saturated heterocycles. The lowest BCUT2D eigenvalue weighted by molar-refractivity contribution is 0.0952. The van der Waals surface area contributed by atoms with Crippen molar-refractivity contribution in [3.63, 3.8) is 0 Å². The predicted octanol–water partition coefficient (Wildman–Crippen LogP) is 0.208. The minimum atomic E-state index is -4.80. The maximum Gasteiger partial charge on any atom is 0.332 e. The summed E-state index contributed by atoms with van der Waals surface area (Å²) in [7, 11) is -4.80. The summed E-state index contributed by atoms with van der Waals surface area (Å²) in [6, 6.07) is 4.41. The molecule has 1 aromatic carbocycles. The number of nitrogens with one attached hydrogen (secondary N) is 2. The number of hydrogen-bond donors (Lipinski definition) is 2. The SMILES string of the molecule is O=C(NCCn1cnc2nc[nH]c2c1=O)c1ccc(S(=O)(=O)F)cc1. The molecule has 0 aliphatic rings. The molecule has 0 unspecified atom stereocenters. The Morgan fingerprint density at radius 2 is 1.96 bits per heavy atom. The summed E-state index contributed by atoms with van der Waals surface area (Å²) in [5.74, 6) is -0.480. The van der Waals surface area contributed by atoms with Gasteiger partial charge in [-0.05, 0) is 24.3 Å². The number of H-pyrrole nitrogens is 1. The van der Waals surface area contributed by atoms with E-state index >= 15 is 0 Å². The van der Waals surface area contributed by atoms with Gasteiger partial charge in [0.25, 0.3) is 11.5 Å². The van der Waals surface area contributed by atoms with Crippen molar-refractivity contribution in [1.29, 1.82) is 0 Å². The van der Waals surface area contributed by atoms with Gasteiger partial charge in [-0.1, -0.05) is 0 Å². The van der Waals surface area contributed by atoms with Crippen LogP contribution in [0.25, 0.3) is 11.2 Å². The van der Waals surface area contributed by atoms with Crippen LogP contribution in [0.4, 0.5) is 3.89 Å². The van der Waals surface area contributed by atoms with Crippen LogP contribution in [-0.2, 0) is 16.8 Å². The van der Waals surface area contributed by atoms with Gasteiger partial charge in [0.15, 0.2) is 11.2 Å². The summed E-state index contributed by atoms with van der Waals surface area (Å²) >= 11 is 0. The molecule has 2 aromatic heterocycles. The summed E-state index contributed by atoms with van der Waals surface area (Å²) in [5.41, 5.74) is 0.446. The Morgan fingerprint density at radius 1 is 1.24 bits per heavy atom. The maximum atomic E-state index is 12.8. The van der Waals surface area contributed by atoms with Gasteiger partial charge >= 0.3 is 10.2 Å². The van der Waals surface area contributed by atoms with Gasteiger partial charge in [-0.25, -0.2) is 9.97 Å². The van der Waals surface area contributed by atoms with Gasteiger partial charge in [0.05, 0.1) is 11.2 Å². The summed E-state index contributed by atoms with van der Waals surface area (Å²) in [4.78, 5) is 34.1. The highest BCUT2D eigenvalue weighted by Crippen LogP contribution is 2.12. The zero-order chi connectivity index (χ0) is 18.0. The number of hydrogen-bond acceptors (Lipinski definition) is 6. The standard InChI is InChI=1S/C14H12FN5O4S/c15-25(23,24)10-3-1-9(2-4-10)13(21)16-5-6-20-8-19-12-11(14(20)22)17-7-18-12/h1-4,7-8H,5-6H2,(H,16,21)(H,17,18). The molecule has 0 fully saturated rings. The Morgan fingerprint density at radius 3 is 2.64 bits per heavy atom. The van der Waals surface area contributed by atoms with Crippen LogP contribution >= 0.6 is 0 Å². The first-order valence-corrected chi connectivity index (χ1v) is 8.46. The van der Waals surface area contributed by atoms with Crippen LogP contribution in [0.3, 0.4) is 0 Å². The fourth-order valence-electron chi connectivity index (χ4n) is 2.18. The van der Waals surface area contributed by atoms with Crippen molar-refractivity contribution in [2.24, 2.45) is 0 Å². The highest BCUT2D eigenvalue weighted by molar-refractivity contribution is 7.86. The first-order chi connectivity index (χ1) is 11.9. The Kier molecular flexibility index (Phi) is 4.31. The highest BCUT2D eigenvalue weighted by Gasteiger charge is 2.13. The van der Waals surface area contributed by atoms with Gasteiger partial charge < -0.3 is 10.3 Å². The predicted molar refractivity (Wildman–Crippen MR) is 85.2 cm³/mol. The molecule has 0 spiro atoms. The average molecular weight is 365 g/mol. The van der Waals surface area contributed by atoms with Crippen molar-refractivity contribution in [3.05, 3.63) is 52.8 Å². The first kappa shape index (κ1) is 16.8. The molecule has 0 bridgehead atoms. The molecule has 25 heavy (non-hydrogen) atoms. The number of carbonyl (C=O) groups excluding carboxylic acids is 1. The third kappa shape index (κ3) is 3.55.